The molecule has 1 atom stereocenters. The van der Waals surface area contributed by atoms with Crippen LogP contribution < -0.4 is 0 Å². The van der Waals surface area contributed by atoms with Crippen LogP contribution in [0.1, 0.15) is 18.9 Å². The number of hydrogen-bond donors (Lipinski definition) is 0. The van der Waals surface area contributed by atoms with E-state index >= 15 is 0 Å². The number of hydrogen-bond acceptors (Lipinski definition) is 4. The molecule has 2 aromatic rings. The minimum atomic E-state index is -2.94. The monoisotopic (exact) mass is 333 g/mol. The lowest BCUT2D eigenvalue weighted by Gasteiger charge is -2.21. The van der Waals surface area contributed by atoms with Gasteiger partial charge in [0, 0.05) is 31.9 Å². The molecule has 1 aliphatic rings. The van der Waals surface area contributed by atoms with Gasteiger partial charge in [0.05, 0.1) is 16.7 Å². The fraction of sp³-hybridized carbons (Fsp3) is 0.471. The summed E-state index contributed by atoms with van der Waals surface area (Å²) in [5, 5.41) is 4.01. The average molecular weight is 333 g/mol. The summed E-state index contributed by atoms with van der Waals surface area (Å²) in [4.78, 5) is 2.25. The van der Waals surface area contributed by atoms with Crippen molar-refractivity contribution >= 4 is 9.84 Å². The van der Waals surface area contributed by atoms with Gasteiger partial charge in [0.25, 0.3) is 0 Å². The molecule has 1 fully saturated rings. The Bertz CT molecular complexity index is 783. The van der Waals surface area contributed by atoms with Crippen molar-refractivity contribution in [3.8, 4) is 11.3 Å². The van der Waals surface area contributed by atoms with Crippen molar-refractivity contribution in [2.45, 2.75) is 25.1 Å². The van der Waals surface area contributed by atoms with Crippen LogP contribution in [0.25, 0.3) is 11.3 Å². The summed E-state index contributed by atoms with van der Waals surface area (Å²) in [7, 11) is -1.00. The van der Waals surface area contributed by atoms with Crippen LogP contribution in [0.3, 0.4) is 0 Å². The Morgan fingerprint density at radius 2 is 2.00 bits per heavy atom. The molecule has 0 aliphatic carbocycles. The van der Waals surface area contributed by atoms with Gasteiger partial charge in [-0.2, -0.15) is 5.10 Å². The molecule has 0 radical (unpaired) electrons. The molecule has 3 rings (SSSR count). The molecule has 0 saturated carbocycles. The van der Waals surface area contributed by atoms with Gasteiger partial charge in [0.15, 0.2) is 9.84 Å². The molecule has 1 aromatic heterocycles. The first-order chi connectivity index (χ1) is 11.0. The second kappa shape index (κ2) is 6.45. The summed E-state index contributed by atoms with van der Waals surface area (Å²) in [6.45, 7) is 4.01. The third-order valence-corrected chi connectivity index (χ3v) is 6.88. The highest BCUT2D eigenvalue weighted by Gasteiger charge is 2.26. The van der Waals surface area contributed by atoms with Gasteiger partial charge in [-0.15, -0.1) is 0 Å². The first kappa shape index (κ1) is 16.2. The molecule has 0 spiro atoms. The molecule has 2 heterocycles. The Morgan fingerprint density at radius 3 is 2.74 bits per heavy atom. The van der Waals surface area contributed by atoms with E-state index in [1.54, 1.807) is 6.20 Å². The van der Waals surface area contributed by atoms with Crippen molar-refractivity contribution in [3.63, 3.8) is 0 Å². The second-order valence-electron chi connectivity index (χ2n) is 6.24. The van der Waals surface area contributed by atoms with E-state index in [2.05, 4.69) is 22.1 Å². The van der Waals surface area contributed by atoms with Gasteiger partial charge in [-0.3, -0.25) is 9.58 Å². The van der Waals surface area contributed by atoms with Gasteiger partial charge in [0.1, 0.15) is 0 Å². The Kier molecular flexibility index (Phi) is 4.55. The van der Waals surface area contributed by atoms with Crippen molar-refractivity contribution in [2.24, 2.45) is 7.05 Å². The molecule has 0 N–H and O–H groups in total. The first-order valence-electron chi connectivity index (χ1n) is 7.97. The predicted octanol–water partition coefficient (Wildman–Crippen LogP) is 2.10. The summed E-state index contributed by atoms with van der Waals surface area (Å²) in [6.07, 6.45) is 2.50. The lowest BCUT2D eigenvalue weighted by atomic mass is 10.0. The van der Waals surface area contributed by atoms with Gasteiger partial charge in [-0.1, -0.05) is 24.3 Å². The van der Waals surface area contributed by atoms with Crippen molar-refractivity contribution in [1.29, 1.82) is 0 Å². The maximum Gasteiger partial charge on any atom is 0.154 e. The van der Waals surface area contributed by atoms with Gasteiger partial charge in [-0.25, -0.2) is 8.42 Å². The Morgan fingerprint density at radius 1 is 1.22 bits per heavy atom. The average Bonchev–Trinajstić information content (AvgIpc) is 2.90. The number of rotatable bonds is 3. The third kappa shape index (κ3) is 3.48. The number of nitrogens with zero attached hydrogens (tertiary/aromatic N) is 3. The van der Waals surface area contributed by atoms with E-state index in [1.165, 1.54) is 5.56 Å². The standard InChI is InChI=1S/C17H23N3O2S/c1-14-8-10-20(11-12-23(14,21)22)13-15-5-3-4-6-16(15)17-7-9-18-19(17)2/h3-7,9,14H,8,10-13H2,1-2H3/t14-/m0/s1. The molecule has 1 aliphatic heterocycles. The van der Waals surface area contributed by atoms with Gasteiger partial charge >= 0.3 is 0 Å². The summed E-state index contributed by atoms with van der Waals surface area (Å²) in [5.74, 6) is 0.252. The normalized spacial score (nSPS) is 21.9. The van der Waals surface area contributed by atoms with Crippen molar-refractivity contribution in [2.75, 3.05) is 18.8 Å². The third-order valence-electron chi connectivity index (χ3n) is 4.67. The quantitative estimate of drug-likeness (QED) is 0.863. The van der Waals surface area contributed by atoms with E-state index < -0.39 is 9.84 Å². The zero-order chi connectivity index (χ0) is 16.4. The van der Waals surface area contributed by atoms with Crippen molar-refractivity contribution < 1.29 is 8.42 Å². The second-order valence-corrected chi connectivity index (χ2v) is 8.78. The molecule has 1 saturated heterocycles. The molecular formula is C17H23N3O2S. The molecule has 0 unspecified atom stereocenters. The molecule has 0 bridgehead atoms. The molecular weight excluding hydrogens is 310 g/mol. The Hall–Kier alpha value is -1.66. The molecule has 23 heavy (non-hydrogen) atoms. The zero-order valence-corrected chi connectivity index (χ0v) is 14.5. The fourth-order valence-electron chi connectivity index (χ4n) is 3.06. The Labute approximate surface area is 137 Å². The minimum Gasteiger partial charge on any atom is -0.298 e. The van der Waals surface area contributed by atoms with E-state index in [0.717, 1.165) is 24.3 Å². The largest absolute Gasteiger partial charge is 0.298 e. The minimum absolute atomic E-state index is 0.236. The van der Waals surface area contributed by atoms with Crippen molar-refractivity contribution in [1.82, 2.24) is 14.7 Å². The molecule has 5 nitrogen and oxygen atoms in total. The number of sulfone groups is 1. The van der Waals surface area contributed by atoms with Crippen LogP contribution >= 0.6 is 0 Å². The van der Waals surface area contributed by atoms with Gasteiger partial charge in [-0.05, 0) is 31.5 Å². The zero-order valence-electron chi connectivity index (χ0n) is 13.6. The molecule has 124 valence electrons. The van der Waals surface area contributed by atoms with E-state index in [9.17, 15) is 8.42 Å². The number of benzene rings is 1. The Balaban J connectivity index is 1.83. The summed E-state index contributed by atoms with van der Waals surface area (Å²) in [5.41, 5.74) is 3.45. The highest BCUT2D eigenvalue weighted by atomic mass is 32.2. The maximum atomic E-state index is 12.1. The van der Waals surface area contributed by atoms with Crippen LogP contribution in [-0.4, -0.2) is 47.2 Å². The number of aryl methyl sites for hydroxylation is 1. The highest BCUT2D eigenvalue weighted by Crippen LogP contribution is 2.25. The topological polar surface area (TPSA) is 55.2 Å². The van der Waals surface area contributed by atoms with Crippen molar-refractivity contribution in [3.05, 3.63) is 42.1 Å². The van der Waals surface area contributed by atoms with E-state index in [4.69, 9.17) is 0 Å². The van der Waals surface area contributed by atoms with Crippen LogP contribution in [0.15, 0.2) is 36.5 Å². The van der Waals surface area contributed by atoms with Gasteiger partial charge < -0.3 is 0 Å². The van der Waals surface area contributed by atoms with Crippen LogP contribution in [0.5, 0.6) is 0 Å². The van der Waals surface area contributed by atoms with E-state index in [0.29, 0.717) is 13.0 Å². The predicted molar refractivity (Wildman–Crippen MR) is 91.8 cm³/mol. The summed E-state index contributed by atoms with van der Waals surface area (Å²) >= 11 is 0. The fourth-order valence-corrected chi connectivity index (χ4v) is 4.44. The summed E-state index contributed by atoms with van der Waals surface area (Å²) < 4.78 is 26.0. The highest BCUT2D eigenvalue weighted by molar-refractivity contribution is 7.92. The number of aromatic nitrogens is 2. The lowest BCUT2D eigenvalue weighted by molar-refractivity contribution is 0.284. The first-order valence-corrected chi connectivity index (χ1v) is 9.69. The summed E-state index contributed by atoms with van der Waals surface area (Å²) in [6, 6.07) is 10.3. The van der Waals surface area contributed by atoms with E-state index in [1.807, 2.05) is 36.9 Å². The van der Waals surface area contributed by atoms with E-state index in [-0.39, 0.29) is 11.0 Å². The SMILES string of the molecule is C[C@H]1CCN(Cc2ccccc2-c2ccnn2C)CCS1(=O)=O. The molecule has 6 heteroatoms. The van der Waals surface area contributed by atoms with Crippen LogP contribution in [0.4, 0.5) is 0 Å². The molecule has 1 aromatic carbocycles. The van der Waals surface area contributed by atoms with Crippen LogP contribution in [0, 0.1) is 0 Å². The van der Waals surface area contributed by atoms with Crippen LogP contribution in [-0.2, 0) is 23.4 Å². The lowest BCUT2D eigenvalue weighted by Crippen LogP contribution is -2.27. The van der Waals surface area contributed by atoms with Gasteiger partial charge in [0.2, 0.25) is 0 Å². The molecule has 0 amide bonds. The van der Waals surface area contributed by atoms with Crippen LogP contribution in [0.2, 0.25) is 0 Å². The maximum absolute atomic E-state index is 12.1. The smallest absolute Gasteiger partial charge is 0.154 e.